The summed E-state index contributed by atoms with van der Waals surface area (Å²) in [7, 11) is 1.60. The van der Waals surface area contributed by atoms with Crippen molar-refractivity contribution in [2.75, 3.05) is 13.9 Å². The van der Waals surface area contributed by atoms with E-state index < -0.39 is 0 Å². The minimum absolute atomic E-state index is 0.203. The van der Waals surface area contributed by atoms with Gasteiger partial charge in [0, 0.05) is 12.7 Å². The molecule has 3 aromatic rings. The number of halogens is 1. The molecule has 3 aromatic carbocycles. The highest BCUT2D eigenvalue weighted by Gasteiger charge is 2.09. The Labute approximate surface area is 156 Å². The van der Waals surface area contributed by atoms with Crippen LogP contribution >= 0.6 is 15.9 Å². The van der Waals surface area contributed by atoms with Crippen LogP contribution in [0.15, 0.2) is 77.3 Å². The smallest absolute Gasteiger partial charge is 0.188 e. The monoisotopic (exact) mass is 398 g/mol. The zero-order valence-corrected chi connectivity index (χ0v) is 15.5. The Morgan fingerprint density at radius 3 is 2.36 bits per heavy atom. The molecule has 0 heterocycles. The molecular formula is C21H19BrO3. The van der Waals surface area contributed by atoms with Gasteiger partial charge in [-0.05, 0) is 45.3 Å². The van der Waals surface area contributed by atoms with Gasteiger partial charge in [0.1, 0.15) is 18.1 Å². The van der Waals surface area contributed by atoms with Crippen molar-refractivity contribution < 1.29 is 14.2 Å². The van der Waals surface area contributed by atoms with Crippen molar-refractivity contribution in [2.24, 2.45) is 0 Å². The molecule has 0 unspecified atom stereocenters. The van der Waals surface area contributed by atoms with Crippen LogP contribution in [0.2, 0.25) is 0 Å². The maximum atomic E-state index is 6.05. The Morgan fingerprint density at radius 2 is 1.56 bits per heavy atom. The Morgan fingerprint density at radius 1 is 0.800 bits per heavy atom. The highest BCUT2D eigenvalue weighted by molar-refractivity contribution is 9.10. The molecule has 4 heteroatoms. The Bertz CT molecular complexity index is 818. The first-order chi connectivity index (χ1) is 12.3. The minimum atomic E-state index is 0.203. The van der Waals surface area contributed by atoms with Crippen LogP contribution < -0.4 is 9.47 Å². The summed E-state index contributed by atoms with van der Waals surface area (Å²) in [6.45, 7) is 0.732. The van der Waals surface area contributed by atoms with Gasteiger partial charge in [-0.25, -0.2) is 0 Å². The number of rotatable bonds is 7. The fraction of sp³-hybridized carbons (Fsp3) is 0.143. The molecule has 0 aromatic heterocycles. The highest BCUT2D eigenvalue weighted by Crippen LogP contribution is 2.35. The van der Waals surface area contributed by atoms with E-state index in [1.54, 1.807) is 7.11 Å². The molecule has 0 saturated carbocycles. The number of hydrogen-bond acceptors (Lipinski definition) is 3. The van der Waals surface area contributed by atoms with Crippen molar-refractivity contribution in [1.29, 1.82) is 0 Å². The molecule has 0 spiro atoms. The van der Waals surface area contributed by atoms with E-state index in [2.05, 4.69) is 28.1 Å². The van der Waals surface area contributed by atoms with Crippen molar-refractivity contribution in [2.45, 2.75) is 6.61 Å². The lowest BCUT2D eigenvalue weighted by atomic mass is 10.0. The predicted octanol–water partition coefficient (Wildman–Crippen LogP) is 5.68. The summed E-state index contributed by atoms with van der Waals surface area (Å²) in [5, 5.41) is 0. The molecule has 0 bridgehead atoms. The van der Waals surface area contributed by atoms with Gasteiger partial charge in [-0.2, -0.15) is 0 Å². The summed E-state index contributed by atoms with van der Waals surface area (Å²) in [4.78, 5) is 0. The average molecular weight is 399 g/mol. The van der Waals surface area contributed by atoms with Crippen LogP contribution in [0.3, 0.4) is 0 Å². The fourth-order valence-electron chi connectivity index (χ4n) is 2.47. The van der Waals surface area contributed by atoms with Gasteiger partial charge in [-0.1, -0.05) is 54.6 Å². The van der Waals surface area contributed by atoms with Gasteiger partial charge >= 0.3 is 0 Å². The van der Waals surface area contributed by atoms with Crippen molar-refractivity contribution in [3.05, 3.63) is 82.8 Å². The van der Waals surface area contributed by atoms with E-state index in [9.17, 15) is 0 Å². The van der Waals surface area contributed by atoms with E-state index in [1.165, 1.54) is 0 Å². The normalized spacial score (nSPS) is 10.5. The van der Waals surface area contributed by atoms with Crippen LogP contribution in [0.25, 0.3) is 11.1 Å². The average Bonchev–Trinajstić information content (AvgIpc) is 2.67. The Kier molecular flexibility index (Phi) is 6.09. The van der Waals surface area contributed by atoms with E-state index in [4.69, 9.17) is 14.2 Å². The molecule has 0 amide bonds. The van der Waals surface area contributed by atoms with Crippen LogP contribution in [0.1, 0.15) is 5.56 Å². The molecule has 0 aliphatic carbocycles. The van der Waals surface area contributed by atoms with Crippen LogP contribution in [-0.4, -0.2) is 13.9 Å². The number of benzene rings is 3. The first kappa shape index (κ1) is 17.5. The lowest BCUT2D eigenvalue weighted by Crippen LogP contribution is -2.00. The highest BCUT2D eigenvalue weighted by atomic mass is 79.9. The van der Waals surface area contributed by atoms with E-state index >= 15 is 0 Å². The van der Waals surface area contributed by atoms with Gasteiger partial charge in [0.2, 0.25) is 0 Å². The van der Waals surface area contributed by atoms with Crippen molar-refractivity contribution in [1.82, 2.24) is 0 Å². The third-order valence-electron chi connectivity index (χ3n) is 3.70. The lowest BCUT2D eigenvalue weighted by Gasteiger charge is -2.14. The predicted molar refractivity (Wildman–Crippen MR) is 103 cm³/mol. The van der Waals surface area contributed by atoms with Crippen LogP contribution in [0.4, 0.5) is 0 Å². The van der Waals surface area contributed by atoms with Gasteiger partial charge < -0.3 is 14.2 Å². The summed E-state index contributed by atoms with van der Waals surface area (Å²) in [5.41, 5.74) is 3.18. The molecule has 0 atom stereocenters. The molecule has 25 heavy (non-hydrogen) atoms. The van der Waals surface area contributed by atoms with Crippen molar-refractivity contribution in [3.63, 3.8) is 0 Å². The maximum Gasteiger partial charge on any atom is 0.188 e. The van der Waals surface area contributed by atoms with Gasteiger partial charge in [0.15, 0.2) is 6.79 Å². The fourth-order valence-corrected chi connectivity index (χ4v) is 2.83. The molecule has 0 radical (unpaired) electrons. The van der Waals surface area contributed by atoms with Crippen molar-refractivity contribution >= 4 is 15.9 Å². The molecule has 3 rings (SSSR count). The number of hydrogen-bond donors (Lipinski definition) is 0. The zero-order valence-electron chi connectivity index (χ0n) is 13.9. The van der Waals surface area contributed by atoms with Gasteiger partial charge in [0.25, 0.3) is 0 Å². The summed E-state index contributed by atoms with van der Waals surface area (Å²) in [5.74, 6) is 1.57. The Hall–Kier alpha value is -2.30. The summed E-state index contributed by atoms with van der Waals surface area (Å²) < 4.78 is 17.5. The minimum Gasteiger partial charge on any atom is -0.488 e. The summed E-state index contributed by atoms with van der Waals surface area (Å²) in [6, 6.07) is 24.1. The van der Waals surface area contributed by atoms with Gasteiger partial charge in [-0.15, -0.1) is 0 Å². The van der Waals surface area contributed by atoms with Crippen LogP contribution in [-0.2, 0) is 11.3 Å². The second-order valence-electron chi connectivity index (χ2n) is 5.47. The third-order valence-corrected chi connectivity index (χ3v) is 4.35. The molecule has 0 saturated heterocycles. The zero-order chi connectivity index (χ0) is 17.5. The molecule has 0 N–H and O–H groups in total. The number of ether oxygens (including phenoxy) is 3. The SMILES string of the molecule is COCOc1cc(-c2ccccc2OCc2ccccc2)ccc1Br. The molecule has 0 fully saturated rings. The van der Waals surface area contributed by atoms with Gasteiger partial charge in [0.05, 0.1) is 4.47 Å². The number of para-hydroxylation sites is 1. The second kappa shape index (κ2) is 8.70. The number of methoxy groups -OCH3 is 1. The second-order valence-corrected chi connectivity index (χ2v) is 6.32. The van der Waals surface area contributed by atoms with E-state index in [-0.39, 0.29) is 6.79 Å². The third kappa shape index (κ3) is 4.62. The van der Waals surface area contributed by atoms with Crippen LogP contribution in [0.5, 0.6) is 11.5 Å². The van der Waals surface area contributed by atoms with E-state index in [0.29, 0.717) is 6.61 Å². The quantitative estimate of drug-likeness (QED) is 0.479. The first-order valence-corrected chi connectivity index (χ1v) is 8.74. The molecule has 3 nitrogen and oxygen atoms in total. The first-order valence-electron chi connectivity index (χ1n) is 7.95. The van der Waals surface area contributed by atoms with E-state index in [1.807, 2.05) is 60.7 Å². The summed E-state index contributed by atoms with van der Waals surface area (Å²) >= 11 is 3.50. The lowest BCUT2D eigenvalue weighted by molar-refractivity contribution is 0.0506. The standard InChI is InChI=1S/C21H19BrO3/c1-23-15-25-21-13-17(11-12-19(21)22)18-9-5-6-10-20(18)24-14-16-7-3-2-4-8-16/h2-13H,14-15H2,1H3. The summed E-state index contributed by atoms with van der Waals surface area (Å²) in [6.07, 6.45) is 0. The van der Waals surface area contributed by atoms with E-state index in [0.717, 1.165) is 32.7 Å². The topological polar surface area (TPSA) is 27.7 Å². The molecule has 0 aliphatic heterocycles. The maximum absolute atomic E-state index is 6.05. The largest absolute Gasteiger partial charge is 0.488 e. The Balaban J connectivity index is 1.85. The molecule has 128 valence electrons. The van der Waals surface area contributed by atoms with Crippen LogP contribution in [0, 0.1) is 0 Å². The molecular weight excluding hydrogens is 380 g/mol. The van der Waals surface area contributed by atoms with Crippen molar-refractivity contribution in [3.8, 4) is 22.6 Å². The van der Waals surface area contributed by atoms with Gasteiger partial charge in [-0.3, -0.25) is 0 Å². The molecule has 0 aliphatic rings.